The summed E-state index contributed by atoms with van der Waals surface area (Å²) in [5.41, 5.74) is 11.8. The zero-order chi connectivity index (χ0) is 29.5. The average molecular weight is 575 g/mol. The van der Waals surface area contributed by atoms with Gasteiger partial charge in [-0.3, -0.25) is 0 Å². The zero-order valence-electron chi connectivity index (χ0n) is 24.3. The zero-order valence-corrected chi connectivity index (χ0v) is 24.3. The molecule has 0 atom stereocenters. The van der Waals surface area contributed by atoms with Gasteiger partial charge in [0.15, 0.2) is 11.5 Å². The molecule has 1 aliphatic heterocycles. The van der Waals surface area contributed by atoms with Gasteiger partial charge in [0, 0.05) is 27.2 Å². The van der Waals surface area contributed by atoms with Gasteiger partial charge in [0.05, 0.1) is 27.8 Å². The van der Waals surface area contributed by atoms with Crippen LogP contribution in [0.4, 0.5) is 0 Å². The molecule has 3 nitrogen and oxygen atoms in total. The van der Waals surface area contributed by atoms with Crippen LogP contribution in [0.25, 0.3) is 77.2 Å². The van der Waals surface area contributed by atoms with Crippen molar-refractivity contribution in [2.45, 2.75) is 0 Å². The first-order valence-electron chi connectivity index (χ1n) is 15.4. The van der Waals surface area contributed by atoms with Crippen molar-refractivity contribution >= 4 is 43.6 Å². The molecule has 0 spiro atoms. The molecule has 3 heterocycles. The minimum absolute atomic E-state index is 0.884. The van der Waals surface area contributed by atoms with Crippen molar-refractivity contribution in [3.8, 4) is 45.1 Å². The number of benzene rings is 7. The summed E-state index contributed by atoms with van der Waals surface area (Å²) in [7, 11) is 0. The Balaban J connectivity index is 1.11. The Labute approximate surface area is 259 Å². The number of aromatic nitrogens is 2. The largest absolute Gasteiger partial charge is 0.453 e. The maximum atomic E-state index is 6.32. The van der Waals surface area contributed by atoms with E-state index in [-0.39, 0.29) is 0 Å². The van der Waals surface area contributed by atoms with Crippen LogP contribution in [0.2, 0.25) is 0 Å². The molecule has 0 radical (unpaired) electrons. The summed E-state index contributed by atoms with van der Waals surface area (Å²) in [5, 5.41) is 4.97. The van der Waals surface area contributed by atoms with Crippen molar-refractivity contribution in [3.63, 3.8) is 0 Å². The minimum Gasteiger partial charge on any atom is -0.453 e. The van der Waals surface area contributed by atoms with Gasteiger partial charge < -0.3 is 13.9 Å². The Bertz CT molecular complexity index is 2580. The Morgan fingerprint density at radius 3 is 1.73 bits per heavy atom. The molecule has 0 bridgehead atoms. The van der Waals surface area contributed by atoms with E-state index in [1.54, 1.807) is 0 Å². The first-order valence-corrected chi connectivity index (χ1v) is 15.4. The van der Waals surface area contributed by atoms with Crippen molar-refractivity contribution in [3.05, 3.63) is 158 Å². The topological polar surface area (TPSA) is 19.1 Å². The fourth-order valence-corrected chi connectivity index (χ4v) is 7.30. The second kappa shape index (κ2) is 9.22. The van der Waals surface area contributed by atoms with Crippen LogP contribution in [0.3, 0.4) is 0 Å². The molecule has 7 aromatic carbocycles. The number of ether oxygens (including phenoxy) is 1. The molecular formula is C42H26N2O. The van der Waals surface area contributed by atoms with Crippen LogP contribution in [0, 0.1) is 0 Å². The Morgan fingerprint density at radius 1 is 0.356 bits per heavy atom. The molecule has 0 fully saturated rings. The van der Waals surface area contributed by atoms with Crippen molar-refractivity contribution in [2.75, 3.05) is 0 Å². The van der Waals surface area contributed by atoms with Gasteiger partial charge in [-0.1, -0.05) is 97.1 Å². The molecule has 10 rings (SSSR count). The normalized spacial score (nSPS) is 12.2. The quantitative estimate of drug-likeness (QED) is 0.205. The maximum Gasteiger partial charge on any atom is 0.152 e. The molecular weight excluding hydrogens is 548 g/mol. The predicted molar refractivity (Wildman–Crippen MR) is 186 cm³/mol. The standard InChI is InChI=1S/C42H26N2O/c1-3-17-36-32(14-1)33-15-2-4-18-37(33)43(36)31-13-8-12-29(25-31)27-10-7-11-28(24-27)30-22-23-38-35(26-30)34-16-9-21-41-42(34)44(38)39-19-5-6-20-40(39)45-41/h1-26H. The fourth-order valence-electron chi connectivity index (χ4n) is 7.30. The van der Waals surface area contributed by atoms with E-state index in [0.29, 0.717) is 0 Å². The third kappa shape index (κ3) is 3.52. The molecule has 3 heteroatoms. The third-order valence-corrected chi connectivity index (χ3v) is 9.29. The summed E-state index contributed by atoms with van der Waals surface area (Å²) in [4.78, 5) is 0. The first-order chi connectivity index (χ1) is 22.3. The number of hydrogen-bond acceptors (Lipinski definition) is 1. The van der Waals surface area contributed by atoms with E-state index in [2.05, 4.69) is 155 Å². The summed E-state index contributed by atoms with van der Waals surface area (Å²) in [6.07, 6.45) is 0. The van der Waals surface area contributed by atoms with Crippen LogP contribution in [-0.4, -0.2) is 9.13 Å². The number of hydrogen-bond donors (Lipinski definition) is 0. The molecule has 9 aromatic rings. The SMILES string of the molecule is c1cc(-c2cccc(-n3c4ccccc4c4ccccc43)c2)cc(-c2ccc3c(c2)c2cccc4c2n3-c2ccccc2O4)c1. The molecule has 0 amide bonds. The van der Waals surface area contributed by atoms with Gasteiger partial charge in [0.2, 0.25) is 0 Å². The Morgan fingerprint density at radius 2 is 0.933 bits per heavy atom. The highest BCUT2D eigenvalue weighted by molar-refractivity contribution is 6.13. The molecule has 45 heavy (non-hydrogen) atoms. The average Bonchev–Trinajstić information content (AvgIpc) is 3.62. The maximum absolute atomic E-state index is 6.32. The minimum atomic E-state index is 0.884. The summed E-state index contributed by atoms with van der Waals surface area (Å²) < 4.78 is 11.0. The lowest BCUT2D eigenvalue weighted by Gasteiger charge is -2.20. The van der Waals surface area contributed by atoms with Gasteiger partial charge in [-0.2, -0.15) is 0 Å². The summed E-state index contributed by atoms with van der Waals surface area (Å²) in [6.45, 7) is 0. The van der Waals surface area contributed by atoms with Crippen LogP contribution < -0.4 is 4.74 Å². The lowest BCUT2D eigenvalue weighted by Crippen LogP contribution is -2.03. The smallest absolute Gasteiger partial charge is 0.152 e. The number of rotatable bonds is 3. The number of para-hydroxylation sites is 5. The second-order valence-corrected chi connectivity index (χ2v) is 11.8. The Kier molecular flexibility index (Phi) is 5.00. The van der Waals surface area contributed by atoms with Crippen molar-refractivity contribution in [2.24, 2.45) is 0 Å². The molecule has 2 aromatic heterocycles. The van der Waals surface area contributed by atoms with E-state index in [0.717, 1.165) is 28.4 Å². The molecule has 0 unspecified atom stereocenters. The highest BCUT2D eigenvalue weighted by Crippen LogP contribution is 2.46. The van der Waals surface area contributed by atoms with Crippen molar-refractivity contribution in [1.29, 1.82) is 0 Å². The molecule has 0 saturated carbocycles. The third-order valence-electron chi connectivity index (χ3n) is 9.29. The summed E-state index contributed by atoms with van der Waals surface area (Å²) in [6, 6.07) is 56.6. The van der Waals surface area contributed by atoms with Gasteiger partial charge in [-0.15, -0.1) is 0 Å². The summed E-state index contributed by atoms with van der Waals surface area (Å²) in [5.74, 6) is 1.78. The van der Waals surface area contributed by atoms with E-state index < -0.39 is 0 Å². The van der Waals surface area contributed by atoms with Crippen LogP contribution in [-0.2, 0) is 0 Å². The molecule has 1 aliphatic rings. The molecule has 0 saturated heterocycles. The fraction of sp³-hybridized carbons (Fsp3) is 0. The van der Waals surface area contributed by atoms with Gasteiger partial charge in [0.1, 0.15) is 0 Å². The van der Waals surface area contributed by atoms with E-state index in [4.69, 9.17) is 4.74 Å². The first kappa shape index (κ1) is 24.4. The van der Waals surface area contributed by atoms with Gasteiger partial charge >= 0.3 is 0 Å². The summed E-state index contributed by atoms with van der Waals surface area (Å²) >= 11 is 0. The van der Waals surface area contributed by atoms with E-state index in [1.807, 2.05) is 12.1 Å². The molecule has 0 aliphatic carbocycles. The predicted octanol–water partition coefficient (Wildman–Crippen LogP) is 11.3. The highest BCUT2D eigenvalue weighted by atomic mass is 16.5. The number of fused-ring (bicyclic) bond motifs is 8. The van der Waals surface area contributed by atoms with E-state index in [1.165, 1.54) is 60.3 Å². The molecule has 0 N–H and O–H groups in total. The van der Waals surface area contributed by atoms with Crippen LogP contribution >= 0.6 is 0 Å². The number of nitrogens with zero attached hydrogens (tertiary/aromatic N) is 2. The lowest BCUT2D eigenvalue weighted by atomic mass is 9.97. The van der Waals surface area contributed by atoms with Crippen LogP contribution in [0.15, 0.2) is 158 Å². The van der Waals surface area contributed by atoms with Crippen LogP contribution in [0.1, 0.15) is 0 Å². The van der Waals surface area contributed by atoms with Crippen molar-refractivity contribution < 1.29 is 4.74 Å². The van der Waals surface area contributed by atoms with Gasteiger partial charge in [-0.05, 0) is 82.9 Å². The van der Waals surface area contributed by atoms with Crippen molar-refractivity contribution in [1.82, 2.24) is 9.13 Å². The molecule has 210 valence electrons. The monoisotopic (exact) mass is 574 g/mol. The van der Waals surface area contributed by atoms with E-state index in [9.17, 15) is 0 Å². The van der Waals surface area contributed by atoms with Gasteiger partial charge in [-0.25, -0.2) is 0 Å². The Hall–Kier alpha value is -6.06. The highest BCUT2D eigenvalue weighted by Gasteiger charge is 2.23. The van der Waals surface area contributed by atoms with E-state index >= 15 is 0 Å². The van der Waals surface area contributed by atoms with Gasteiger partial charge in [0.25, 0.3) is 0 Å². The van der Waals surface area contributed by atoms with Crippen LogP contribution in [0.5, 0.6) is 11.5 Å². The second-order valence-electron chi connectivity index (χ2n) is 11.8. The lowest BCUT2D eigenvalue weighted by molar-refractivity contribution is 0.476.